The van der Waals surface area contributed by atoms with Gasteiger partial charge in [0.2, 0.25) is 0 Å². The van der Waals surface area contributed by atoms with Crippen molar-refractivity contribution in [3.8, 4) is 0 Å². The molecule has 0 unspecified atom stereocenters. The predicted molar refractivity (Wildman–Crippen MR) is 120 cm³/mol. The Balaban J connectivity index is 1.76. The van der Waals surface area contributed by atoms with E-state index in [4.69, 9.17) is 11.6 Å². The monoisotopic (exact) mass is 480 g/mol. The number of alkyl halides is 3. The van der Waals surface area contributed by atoms with Crippen molar-refractivity contribution in [2.75, 3.05) is 13.1 Å². The van der Waals surface area contributed by atoms with E-state index in [-0.39, 0.29) is 16.5 Å². The van der Waals surface area contributed by atoms with E-state index in [1.807, 2.05) is 31.4 Å². The van der Waals surface area contributed by atoms with Crippen LogP contribution in [0.25, 0.3) is 16.8 Å². The van der Waals surface area contributed by atoms with E-state index in [1.54, 1.807) is 6.20 Å². The molecule has 0 saturated carbocycles. The van der Waals surface area contributed by atoms with Gasteiger partial charge in [0.05, 0.1) is 5.56 Å². The van der Waals surface area contributed by atoms with Gasteiger partial charge in [-0.2, -0.15) is 13.2 Å². The van der Waals surface area contributed by atoms with Crippen molar-refractivity contribution in [3.05, 3.63) is 63.0 Å². The lowest BCUT2D eigenvalue weighted by Crippen LogP contribution is -2.29. The Labute approximate surface area is 191 Å². The van der Waals surface area contributed by atoms with E-state index in [1.165, 1.54) is 22.4 Å². The molecule has 0 atom stereocenters. The van der Waals surface area contributed by atoms with Crippen LogP contribution in [0.5, 0.6) is 0 Å². The van der Waals surface area contributed by atoms with Crippen molar-refractivity contribution in [2.24, 2.45) is 0 Å². The van der Waals surface area contributed by atoms with Crippen LogP contribution in [0, 0.1) is 0 Å². The fourth-order valence-corrected chi connectivity index (χ4v) is 4.67. The molecular formula is C22H20ClF3N4OS. The Morgan fingerprint density at radius 1 is 1.34 bits per heavy atom. The summed E-state index contributed by atoms with van der Waals surface area (Å²) in [4.78, 5) is 22.9. The lowest BCUT2D eigenvalue weighted by molar-refractivity contribution is -0.136. The number of carbonyl (C=O) groups is 1. The van der Waals surface area contributed by atoms with E-state index in [0.29, 0.717) is 31.5 Å². The van der Waals surface area contributed by atoms with Gasteiger partial charge in [-0.05, 0) is 30.0 Å². The second kappa shape index (κ2) is 8.71. The number of carbonyl (C=O) groups excluding carboxylic acids is 1. The molecular weight excluding hydrogens is 461 g/mol. The van der Waals surface area contributed by atoms with Gasteiger partial charge in [0, 0.05) is 36.4 Å². The molecule has 10 heteroatoms. The number of hydrogen-bond donors (Lipinski definition) is 0. The van der Waals surface area contributed by atoms with Gasteiger partial charge in [0.15, 0.2) is 11.3 Å². The number of amides is 1. The molecule has 3 aromatic heterocycles. The van der Waals surface area contributed by atoms with Crippen LogP contribution in [-0.4, -0.2) is 38.3 Å². The maximum atomic E-state index is 13.9. The molecule has 0 aliphatic carbocycles. The summed E-state index contributed by atoms with van der Waals surface area (Å²) in [5.74, 6) is -0.518. The third-order valence-electron chi connectivity index (χ3n) is 5.29. The summed E-state index contributed by atoms with van der Waals surface area (Å²) >= 11 is 7.88. The van der Waals surface area contributed by atoms with Gasteiger partial charge in [0.1, 0.15) is 10.2 Å². The van der Waals surface area contributed by atoms with Crippen molar-refractivity contribution in [3.63, 3.8) is 0 Å². The van der Waals surface area contributed by atoms with Crippen molar-refractivity contribution in [2.45, 2.75) is 32.9 Å². The van der Waals surface area contributed by atoms with Crippen molar-refractivity contribution < 1.29 is 18.0 Å². The maximum Gasteiger partial charge on any atom is 0.420 e. The number of aromatic nitrogens is 3. The van der Waals surface area contributed by atoms with Crippen molar-refractivity contribution in [1.29, 1.82) is 0 Å². The van der Waals surface area contributed by atoms with Crippen LogP contribution in [0.2, 0.25) is 5.15 Å². The van der Waals surface area contributed by atoms with Gasteiger partial charge in [-0.15, -0.1) is 11.3 Å². The maximum absolute atomic E-state index is 13.9. The van der Waals surface area contributed by atoms with Crippen LogP contribution < -0.4 is 0 Å². The van der Waals surface area contributed by atoms with E-state index in [9.17, 15) is 18.0 Å². The number of halogens is 4. The fourth-order valence-electron chi connectivity index (χ4n) is 3.75. The van der Waals surface area contributed by atoms with Gasteiger partial charge < -0.3 is 4.90 Å². The largest absolute Gasteiger partial charge is 0.420 e. The molecule has 4 heterocycles. The third kappa shape index (κ3) is 4.06. The van der Waals surface area contributed by atoms with Crippen molar-refractivity contribution >= 4 is 45.6 Å². The molecule has 0 aromatic carbocycles. The highest BCUT2D eigenvalue weighted by atomic mass is 35.5. The zero-order chi connectivity index (χ0) is 23.0. The van der Waals surface area contributed by atoms with Crippen molar-refractivity contribution in [1.82, 2.24) is 19.3 Å². The second-order valence-electron chi connectivity index (χ2n) is 7.33. The minimum atomic E-state index is -4.65. The summed E-state index contributed by atoms with van der Waals surface area (Å²) in [6.45, 7) is 4.41. The first-order valence-electron chi connectivity index (χ1n) is 10.1. The normalized spacial score (nSPS) is 15.0. The molecule has 0 spiro atoms. The number of hydrogen-bond acceptors (Lipinski definition) is 4. The summed E-state index contributed by atoms with van der Waals surface area (Å²) in [5.41, 5.74) is 0.573. The summed E-state index contributed by atoms with van der Waals surface area (Å²) in [5, 5.41) is 2.51. The number of imidazole rings is 1. The number of thiazole rings is 1. The molecule has 0 radical (unpaired) electrons. The number of fused-ring (bicyclic) bond motifs is 1. The first kappa shape index (κ1) is 22.5. The zero-order valence-corrected chi connectivity index (χ0v) is 19.0. The van der Waals surface area contributed by atoms with Crippen LogP contribution >= 0.6 is 22.9 Å². The fraction of sp³-hybridized carbons (Fsp3) is 0.318. The number of pyridine rings is 1. The summed E-state index contributed by atoms with van der Waals surface area (Å²) in [6, 6.07) is 1.08. The van der Waals surface area contributed by atoms with Crippen LogP contribution in [0.1, 0.15) is 53.3 Å². The van der Waals surface area contributed by atoms with Crippen LogP contribution in [-0.2, 0) is 6.18 Å². The van der Waals surface area contributed by atoms with Crippen LogP contribution in [0.4, 0.5) is 13.2 Å². The molecule has 3 aromatic rings. The molecule has 0 N–H and O–H groups in total. The molecule has 32 heavy (non-hydrogen) atoms. The van der Waals surface area contributed by atoms with Gasteiger partial charge in [-0.3, -0.25) is 9.20 Å². The first-order valence-corrected chi connectivity index (χ1v) is 11.4. The minimum absolute atomic E-state index is 0.132. The molecule has 0 bridgehead atoms. The number of rotatable bonds is 5. The minimum Gasteiger partial charge on any atom is -0.329 e. The Morgan fingerprint density at radius 3 is 2.75 bits per heavy atom. The molecule has 5 nitrogen and oxygen atoms in total. The van der Waals surface area contributed by atoms with Gasteiger partial charge >= 0.3 is 6.18 Å². The number of allylic oxidation sites excluding steroid dienone is 2. The van der Waals surface area contributed by atoms with Crippen LogP contribution in [0.15, 0.2) is 36.0 Å². The van der Waals surface area contributed by atoms with Gasteiger partial charge in [-0.25, -0.2) is 9.97 Å². The van der Waals surface area contributed by atoms with E-state index in [0.717, 1.165) is 26.6 Å². The van der Waals surface area contributed by atoms with Crippen LogP contribution in [0.3, 0.4) is 0 Å². The SMILES string of the molecule is CCC=C(CC)c1cc(C(F)(F)F)c2nc(C(=O)N3CC=C(c4nccs4)C3)c(Cl)n2c1. The Kier molecular flexibility index (Phi) is 6.13. The lowest BCUT2D eigenvalue weighted by Gasteiger charge is -2.14. The molecule has 0 fully saturated rings. The zero-order valence-electron chi connectivity index (χ0n) is 17.4. The quantitative estimate of drug-likeness (QED) is 0.436. The standard InChI is InChI=1S/C22H20ClF3N4OS/c1-3-5-13(4-2)15-10-16(22(24,25)26)19-28-17(18(23)30(19)12-15)21(31)29-8-6-14(11-29)20-27-7-9-32-20/h5-7,9-10,12H,3-4,8,11H2,1-2H3. The van der Waals surface area contributed by atoms with Gasteiger partial charge in [0.25, 0.3) is 5.91 Å². The Bertz CT molecular complexity index is 1230. The highest BCUT2D eigenvalue weighted by Gasteiger charge is 2.37. The average Bonchev–Trinajstić information content (AvgIpc) is 3.50. The summed E-state index contributed by atoms with van der Waals surface area (Å²) in [6.07, 6.45) is 3.56. The average molecular weight is 481 g/mol. The summed E-state index contributed by atoms with van der Waals surface area (Å²) in [7, 11) is 0. The third-order valence-corrected chi connectivity index (χ3v) is 6.50. The first-order chi connectivity index (χ1) is 15.2. The topological polar surface area (TPSA) is 50.5 Å². The molecule has 4 rings (SSSR count). The molecule has 1 aliphatic heterocycles. The van der Waals surface area contributed by atoms with Gasteiger partial charge in [-0.1, -0.05) is 37.6 Å². The lowest BCUT2D eigenvalue weighted by atomic mass is 10.0. The van der Waals surface area contributed by atoms with E-state index >= 15 is 0 Å². The Hall–Kier alpha value is -2.65. The van der Waals surface area contributed by atoms with E-state index < -0.39 is 17.6 Å². The molecule has 0 saturated heterocycles. The summed E-state index contributed by atoms with van der Waals surface area (Å²) < 4.78 is 42.8. The molecule has 1 amide bonds. The van der Waals surface area contributed by atoms with E-state index in [2.05, 4.69) is 9.97 Å². The molecule has 1 aliphatic rings. The molecule has 168 valence electrons. The predicted octanol–water partition coefficient (Wildman–Crippen LogP) is 6.21. The Morgan fingerprint density at radius 2 is 2.12 bits per heavy atom. The smallest absolute Gasteiger partial charge is 0.329 e. The number of nitrogens with zero attached hydrogens (tertiary/aromatic N) is 4. The second-order valence-corrected chi connectivity index (χ2v) is 8.58. The highest BCUT2D eigenvalue weighted by molar-refractivity contribution is 7.10. The highest BCUT2D eigenvalue weighted by Crippen LogP contribution is 2.37.